The molecule has 3 N–H and O–H groups in total. The van der Waals surface area contributed by atoms with E-state index in [0.717, 1.165) is 30.0 Å². The molecule has 0 fully saturated rings. The smallest absolute Gasteiger partial charge is 0.331 e. The number of rotatable bonds is 8. The van der Waals surface area contributed by atoms with Crippen LogP contribution in [-0.2, 0) is 6.54 Å². The molecule has 0 aliphatic rings. The fourth-order valence-corrected chi connectivity index (χ4v) is 2.68. The zero-order chi connectivity index (χ0) is 19.8. The van der Waals surface area contributed by atoms with Crippen molar-refractivity contribution >= 4 is 23.7 Å². The molecular formula is C18H21ClN4O4. The van der Waals surface area contributed by atoms with Gasteiger partial charge in [-0.15, -0.1) is 0 Å². The van der Waals surface area contributed by atoms with Crippen molar-refractivity contribution in [3.05, 3.63) is 61.3 Å². The molecule has 0 saturated carbocycles. The third kappa shape index (κ3) is 5.30. The zero-order valence-electron chi connectivity index (χ0n) is 14.9. The van der Waals surface area contributed by atoms with Gasteiger partial charge >= 0.3 is 5.69 Å². The minimum absolute atomic E-state index is 0.218. The molecule has 8 nitrogen and oxygen atoms in total. The summed E-state index contributed by atoms with van der Waals surface area (Å²) in [5, 5.41) is 14.2. The standard InChI is InChI=1S/C18H21ClN4O4/c1-2-3-4-7-10-23-17(26)13(15(24)21-18(23)27)11-20-22-16(25)12-8-5-6-9-14(12)19/h5-6,8-9,11,26H,2-4,7,10H2,1H3,(H,22,25)(H,21,24,27)/b20-11+. The normalized spacial score (nSPS) is 11.0. The number of unbranched alkanes of at least 4 members (excludes halogenated alkanes) is 3. The number of carbonyl (C=O) groups excluding carboxylic acids is 1. The minimum atomic E-state index is -0.793. The van der Waals surface area contributed by atoms with Crippen LogP contribution in [0.4, 0.5) is 0 Å². The largest absolute Gasteiger partial charge is 0.494 e. The zero-order valence-corrected chi connectivity index (χ0v) is 15.6. The number of H-pyrrole nitrogens is 1. The van der Waals surface area contributed by atoms with Gasteiger partial charge in [0.2, 0.25) is 5.88 Å². The van der Waals surface area contributed by atoms with Crippen molar-refractivity contribution in [2.24, 2.45) is 5.10 Å². The van der Waals surface area contributed by atoms with Gasteiger partial charge in [0.05, 0.1) is 16.8 Å². The van der Waals surface area contributed by atoms with E-state index in [1.807, 2.05) is 0 Å². The monoisotopic (exact) mass is 392 g/mol. The lowest BCUT2D eigenvalue weighted by Gasteiger charge is -2.09. The van der Waals surface area contributed by atoms with Crippen LogP contribution in [0.15, 0.2) is 39.0 Å². The molecule has 1 aromatic carbocycles. The third-order valence-corrected chi connectivity index (χ3v) is 4.25. The Bertz CT molecular complexity index is 949. The molecule has 0 aliphatic heterocycles. The van der Waals surface area contributed by atoms with E-state index >= 15 is 0 Å². The van der Waals surface area contributed by atoms with Gasteiger partial charge in [-0.25, -0.2) is 10.2 Å². The van der Waals surface area contributed by atoms with Gasteiger partial charge in [0, 0.05) is 6.54 Å². The quantitative estimate of drug-likeness (QED) is 0.363. The topological polar surface area (TPSA) is 117 Å². The van der Waals surface area contributed by atoms with Gasteiger partial charge < -0.3 is 5.11 Å². The summed E-state index contributed by atoms with van der Waals surface area (Å²) in [5.41, 5.74) is 0.749. The maximum absolute atomic E-state index is 12.0. The molecule has 0 radical (unpaired) electrons. The van der Waals surface area contributed by atoms with Crippen molar-refractivity contribution in [1.29, 1.82) is 0 Å². The van der Waals surface area contributed by atoms with Crippen LogP contribution in [0.1, 0.15) is 48.5 Å². The molecule has 2 aromatic rings. The number of aromatic amines is 1. The van der Waals surface area contributed by atoms with Crippen LogP contribution >= 0.6 is 11.6 Å². The molecule has 1 aromatic heterocycles. The van der Waals surface area contributed by atoms with Crippen LogP contribution in [0.2, 0.25) is 5.02 Å². The van der Waals surface area contributed by atoms with E-state index in [0.29, 0.717) is 6.42 Å². The van der Waals surface area contributed by atoms with Crippen molar-refractivity contribution in [1.82, 2.24) is 15.0 Å². The fourth-order valence-electron chi connectivity index (χ4n) is 2.46. The SMILES string of the molecule is CCCCCCn1c(O)c(/C=N/NC(=O)c2ccccc2Cl)c(=O)[nH]c1=O. The second kappa shape index (κ2) is 9.72. The number of aromatic nitrogens is 2. The fraction of sp³-hybridized carbons (Fsp3) is 0.333. The van der Waals surface area contributed by atoms with Gasteiger partial charge in [-0.3, -0.25) is 19.1 Å². The number of carbonyl (C=O) groups is 1. The predicted octanol–water partition coefficient (Wildman–Crippen LogP) is 2.24. The Morgan fingerprint density at radius 1 is 1.30 bits per heavy atom. The Kier molecular flexibility index (Phi) is 7.36. The first-order valence-electron chi connectivity index (χ1n) is 8.59. The lowest BCUT2D eigenvalue weighted by Crippen LogP contribution is -2.32. The number of halogens is 1. The Morgan fingerprint density at radius 2 is 2.04 bits per heavy atom. The molecule has 144 valence electrons. The van der Waals surface area contributed by atoms with Crippen LogP contribution in [0, 0.1) is 0 Å². The highest BCUT2D eigenvalue weighted by Gasteiger charge is 2.13. The van der Waals surface area contributed by atoms with E-state index in [2.05, 4.69) is 22.4 Å². The summed E-state index contributed by atoms with van der Waals surface area (Å²) in [4.78, 5) is 38.0. The summed E-state index contributed by atoms with van der Waals surface area (Å²) < 4.78 is 1.08. The van der Waals surface area contributed by atoms with Crippen LogP contribution in [-0.4, -0.2) is 26.8 Å². The van der Waals surface area contributed by atoms with E-state index in [-0.39, 0.29) is 22.7 Å². The average molecular weight is 393 g/mol. The Balaban J connectivity index is 2.16. The highest BCUT2D eigenvalue weighted by atomic mass is 35.5. The van der Waals surface area contributed by atoms with Crippen molar-refractivity contribution in [3.63, 3.8) is 0 Å². The van der Waals surface area contributed by atoms with Crippen molar-refractivity contribution < 1.29 is 9.90 Å². The lowest BCUT2D eigenvalue weighted by molar-refractivity contribution is 0.0955. The van der Waals surface area contributed by atoms with E-state index in [9.17, 15) is 19.5 Å². The number of aromatic hydroxyl groups is 1. The molecule has 0 aliphatic carbocycles. The number of nitrogens with one attached hydrogen (secondary N) is 2. The predicted molar refractivity (Wildman–Crippen MR) is 104 cm³/mol. The number of hydrazone groups is 1. The highest BCUT2D eigenvalue weighted by molar-refractivity contribution is 6.33. The average Bonchev–Trinajstić information content (AvgIpc) is 2.63. The summed E-state index contributed by atoms with van der Waals surface area (Å²) in [5.74, 6) is -1.06. The minimum Gasteiger partial charge on any atom is -0.494 e. The molecule has 1 heterocycles. The van der Waals surface area contributed by atoms with E-state index in [1.54, 1.807) is 18.2 Å². The molecule has 27 heavy (non-hydrogen) atoms. The van der Waals surface area contributed by atoms with E-state index in [4.69, 9.17) is 11.6 Å². The lowest BCUT2D eigenvalue weighted by atomic mass is 10.2. The summed E-state index contributed by atoms with van der Waals surface area (Å²) in [7, 11) is 0. The second-order valence-corrected chi connectivity index (χ2v) is 6.30. The summed E-state index contributed by atoms with van der Waals surface area (Å²) in [6.07, 6.45) is 4.63. The Labute approximate surface area is 160 Å². The third-order valence-electron chi connectivity index (χ3n) is 3.92. The van der Waals surface area contributed by atoms with Gasteiger partial charge in [0.15, 0.2) is 0 Å². The summed E-state index contributed by atoms with van der Waals surface area (Å²) in [6.45, 7) is 2.34. The first kappa shape index (κ1) is 20.4. The summed E-state index contributed by atoms with van der Waals surface area (Å²) in [6, 6.07) is 6.41. The molecule has 0 atom stereocenters. The molecule has 0 spiro atoms. The van der Waals surface area contributed by atoms with Crippen molar-refractivity contribution in [2.75, 3.05) is 0 Å². The second-order valence-electron chi connectivity index (χ2n) is 5.89. The molecule has 0 bridgehead atoms. The maximum Gasteiger partial charge on any atom is 0.331 e. The van der Waals surface area contributed by atoms with Crippen LogP contribution in [0.3, 0.4) is 0 Å². The van der Waals surface area contributed by atoms with Crippen molar-refractivity contribution in [2.45, 2.75) is 39.2 Å². The molecule has 0 unspecified atom stereocenters. The summed E-state index contributed by atoms with van der Waals surface area (Å²) >= 11 is 5.93. The number of nitrogens with zero attached hydrogens (tertiary/aromatic N) is 2. The van der Waals surface area contributed by atoms with E-state index < -0.39 is 23.0 Å². The van der Waals surface area contributed by atoms with Gasteiger partial charge in [-0.05, 0) is 18.6 Å². The van der Waals surface area contributed by atoms with Crippen LogP contribution in [0.5, 0.6) is 5.88 Å². The number of amides is 1. The Hall–Kier alpha value is -2.87. The first-order chi connectivity index (χ1) is 13.0. The Morgan fingerprint density at radius 3 is 2.74 bits per heavy atom. The van der Waals surface area contributed by atoms with Crippen LogP contribution < -0.4 is 16.7 Å². The van der Waals surface area contributed by atoms with Gasteiger partial charge in [-0.1, -0.05) is 49.9 Å². The van der Waals surface area contributed by atoms with Crippen molar-refractivity contribution in [3.8, 4) is 5.88 Å². The molecule has 9 heteroatoms. The maximum atomic E-state index is 12.0. The molecule has 2 rings (SSSR count). The van der Waals surface area contributed by atoms with Gasteiger partial charge in [-0.2, -0.15) is 5.10 Å². The molecule has 0 saturated heterocycles. The number of hydrogen-bond donors (Lipinski definition) is 3. The number of hydrogen-bond acceptors (Lipinski definition) is 5. The number of benzene rings is 1. The van der Waals surface area contributed by atoms with Crippen LogP contribution in [0.25, 0.3) is 0 Å². The highest BCUT2D eigenvalue weighted by Crippen LogP contribution is 2.14. The molecular weight excluding hydrogens is 372 g/mol. The molecule has 1 amide bonds. The van der Waals surface area contributed by atoms with E-state index in [1.165, 1.54) is 6.07 Å². The first-order valence-corrected chi connectivity index (χ1v) is 8.97. The van der Waals surface area contributed by atoms with Gasteiger partial charge in [0.25, 0.3) is 11.5 Å². The van der Waals surface area contributed by atoms with Gasteiger partial charge in [0.1, 0.15) is 5.56 Å².